The second-order valence-electron chi connectivity index (χ2n) is 8.28. The minimum absolute atomic E-state index is 0.294. The van der Waals surface area contributed by atoms with E-state index in [-0.39, 0.29) is 0 Å². The van der Waals surface area contributed by atoms with Gasteiger partial charge < -0.3 is 14.2 Å². The van der Waals surface area contributed by atoms with Gasteiger partial charge in [0.2, 0.25) is 0 Å². The SMILES string of the molecule is CCOc1cc(/C=N/NC(=O)C(C)Oc2ccc(-c3ccccc3)cc2)ccc1OC(=O)c1ccccc1. The summed E-state index contributed by atoms with van der Waals surface area (Å²) in [5.74, 6) is 0.388. The van der Waals surface area contributed by atoms with Crippen LogP contribution in [0.3, 0.4) is 0 Å². The lowest BCUT2D eigenvalue weighted by molar-refractivity contribution is -0.127. The Morgan fingerprint density at radius 3 is 2.18 bits per heavy atom. The maximum Gasteiger partial charge on any atom is 0.343 e. The van der Waals surface area contributed by atoms with Gasteiger partial charge in [-0.2, -0.15) is 5.10 Å². The average molecular weight is 509 g/mol. The van der Waals surface area contributed by atoms with Crippen LogP contribution in [-0.2, 0) is 4.79 Å². The van der Waals surface area contributed by atoms with Crippen molar-refractivity contribution in [2.24, 2.45) is 5.10 Å². The number of amides is 1. The summed E-state index contributed by atoms with van der Waals surface area (Å²) in [6.07, 6.45) is 0.721. The highest BCUT2D eigenvalue weighted by Gasteiger charge is 2.15. The van der Waals surface area contributed by atoms with Crippen molar-refractivity contribution in [1.82, 2.24) is 5.43 Å². The van der Waals surface area contributed by atoms with Gasteiger partial charge in [-0.3, -0.25) is 4.79 Å². The molecule has 0 aliphatic heterocycles. The Morgan fingerprint density at radius 1 is 0.842 bits per heavy atom. The molecule has 4 rings (SSSR count). The minimum Gasteiger partial charge on any atom is -0.490 e. The molecule has 1 amide bonds. The molecule has 0 radical (unpaired) electrons. The van der Waals surface area contributed by atoms with Crippen molar-refractivity contribution in [3.05, 3.63) is 114 Å². The van der Waals surface area contributed by atoms with Gasteiger partial charge in [-0.15, -0.1) is 0 Å². The van der Waals surface area contributed by atoms with Gasteiger partial charge >= 0.3 is 5.97 Å². The van der Waals surface area contributed by atoms with Crippen LogP contribution in [0.15, 0.2) is 108 Å². The van der Waals surface area contributed by atoms with E-state index < -0.39 is 18.0 Å². The Bertz CT molecular complexity index is 1390. The summed E-state index contributed by atoms with van der Waals surface area (Å²) in [4.78, 5) is 24.9. The van der Waals surface area contributed by atoms with Gasteiger partial charge in [0.05, 0.1) is 18.4 Å². The second kappa shape index (κ2) is 12.9. The van der Waals surface area contributed by atoms with Crippen LogP contribution < -0.4 is 19.6 Å². The van der Waals surface area contributed by atoms with Gasteiger partial charge in [0.1, 0.15) is 5.75 Å². The molecule has 0 saturated heterocycles. The van der Waals surface area contributed by atoms with E-state index in [1.54, 1.807) is 49.4 Å². The number of ether oxygens (including phenoxy) is 3. The van der Waals surface area contributed by atoms with Crippen molar-refractivity contribution in [3.8, 4) is 28.4 Å². The van der Waals surface area contributed by atoms with Gasteiger partial charge in [0.15, 0.2) is 17.6 Å². The van der Waals surface area contributed by atoms with Gasteiger partial charge in [0, 0.05) is 0 Å². The lowest BCUT2D eigenvalue weighted by Crippen LogP contribution is -2.33. The van der Waals surface area contributed by atoms with Crippen LogP contribution in [0.5, 0.6) is 17.2 Å². The monoisotopic (exact) mass is 508 g/mol. The third-order valence-corrected chi connectivity index (χ3v) is 5.51. The first-order valence-corrected chi connectivity index (χ1v) is 12.2. The summed E-state index contributed by atoms with van der Waals surface area (Å²) in [6, 6.07) is 31.3. The molecule has 0 heterocycles. The standard InChI is InChI=1S/C31H28N2O5/c1-3-36-29-20-23(14-19-28(29)38-31(35)26-12-8-5-9-13-26)21-32-33-30(34)22(2)37-27-17-15-25(16-18-27)24-10-6-4-7-11-24/h4-22H,3H2,1-2H3,(H,33,34)/b32-21+. The first-order valence-electron chi connectivity index (χ1n) is 12.2. The van der Waals surface area contributed by atoms with E-state index in [0.29, 0.717) is 35.0 Å². The Balaban J connectivity index is 1.33. The van der Waals surface area contributed by atoms with E-state index >= 15 is 0 Å². The lowest BCUT2D eigenvalue weighted by atomic mass is 10.1. The van der Waals surface area contributed by atoms with Crippen molar-refractivity contribution in [2.45, 2.75) is 20.0 Å². The molecular formula is C31H28N2O5. The first kappa shape index (κ1) is 26.2. The molecule has 1 N–H and O–H groups in total. The van der Waals surface area contributed by atoms with Crippen molar-refractivity contribution < 1.29 is 23.8 Å². The van der Waals surface area contributed by atoms with Crippen LogP contribution in [0.1, 0.15) is 29.8 Å². The zero-order valence-corrected chi connectivity index (χ0v) is 21.2. The fourth-order valence-electron chi connectivity index (χ4n) is 3.57. The largest absolute Gasteiger partial charge is 0.490 e. The van der Waals surface area contributed by atoms with E-state index in [1.165, 1.54) is 6.21 Å². The maximum atomic E-state index is 12.5. The van der Waals surface area contributed by atoms with Crippen molar-refractivity contribution in [2.75, 3.05) is 6.61 Å². The predicted molar refractivity (Wildman–Crippen MR) is 147 cm³/mol. The summed E-state index contributed by atoms with van der Waals surface area (Å²) < 4.78 is 16.9. The molecule has 7 nitrogen and oxygen atoms in total. The molecule has 0 spiro atoms. The van der Waals surface area contributed by atoms with Crippen LogP contribution in [0.25, 0.3) is 11.1 Å². The molecule has 192 valence electrons. The molecular weight excluding hydrogens is 480 g/mol. The smallest absolute Gasteiger partial charge is 0.343 e. The summed E-state index contributed by atoms with van der Waals surface area (Å²) in [5, 5.41) is 4.03. The summed E-state index contributed by atoms with van der Waals surface area (Å²) in [6.45, 7) is 3.87. The zero-order valence-electron chi connectivity index (χ0n) is 21.2. The highest BCUT2D eigenvalue weighted by Crippen LogP contribution is 2.29. The van der Waals surface area contributed by atoms with Gasteiger partial charge in [0.25, 0.3) is 5.91 Å². The van der Waals surface area contributed by atoms with Crippen LogP contribution in [0, 0.1) is 0 Å². The van der Waals surface area contributed by atoms with E-state index in [2.05, 4.69) is 10.5 Å². The third kappa shape index (κ3) is 7.07. The molecule has 0 fully saturated rings. The lowest BCUT2D eigenvalue weighted by Gasteiger charge is -2.13. The first-order chi connectivity index (χ1) is 18.5. The Morgan fingerprint density at radius 2 is 1.50 bits per heavy atom. The normalized spacial score (nSPS) is 11.5. The second-order valence-corrected chi connectivity index (χ2v) is 8.28. The van der Waals surface area contributed by atoms with E-state index in [9.17, 15) is 9.59 Å². The van der Waals surface area contributed by atoms with Crippen molar-refractivity contribution in [1.29, 1.82) is 0 Å². The minimum atomic E-state index is -0.756. The summed E-state index contributed by atoms with van der Waals surface area (Å²) in [5.41, 5.74) is 5.74. The molecule has 0 aliphatic rings. The molecule has 0 aliphatic carbocycles. The number of hydrogen-bond donors (Lipinski definition) is 1. The van der Waals surface area contributed by atoms with E-state index in [1.807, 2.05) is 67.6 Å². The Kier molecular flexibility index (Phi) is 8.86. The maximum absolute atomic E-state index is 12.5. The number of hydrogen-bond acceptors (Lipinski definition) is 6. The highest BCUT2D eigenvalue weighted by atomic mass is 16.6. The molecule has 0 saturated carbocycles. The van der Waals surface area contributed by atoms with Gasteiger partial charge in [-0.25, -0.2) is 10.2 Å². The van der Waals surface area contributed by atoms with Crippen LogP contribution >= 0.6 is 0 Å². The van der Waals surface area contributed by atoms with Crippen LogP contribution in [0.2, 0.25) is 0 Å². The van der Waals surface area contributed by atoms with Crippen molar-refractivity contribution >= 4 is 18.1 Å². The topological polar surface area (TPSA) is 86.2 Å². The number of nitrogens with one attached hydrogen (secondary N) is 1. The number of rotatable bonds is 10. The van der Waals surface area contributed by atoms with E-state index in [4.69, 9.17) is 14.2 Å². The Hall–Kier alpha value is -4.91. The van der Waals surface area contributed by atoms with Gasteiger partial charge in [-0.1, -0.05) is 60.7 Å². The third-order valence-electron chi connectivity index (χ3n) is 5.51. The predicted octanol–water partition coefficient (Wildman–Crippen LogP) is 5.89. The number of benzene rings is 4. The average Bonchev–Trinajstić information content (AvgIpc) is 2.95. The fourth-order valence-corrected chi connectivity index (χ4v) is 3.57. The molecule has 1 unspecified atom stereocenters. The number of hydrazone groups is 1. The molecule has 4 aromatic carbocycles. The zero-order chi connectivity index (χ0) is 26.7. The summed E-state index contributed by atoms with van der Waals surface area (Å²) >= 11 is 0. The molecule has 7 heteroatoms. The molecule has 1 atom stereocenters. The number of carbonyl (C=O) groups excluding carboxylic acids is 2. The number of carbonyl (C=O) groups is 2. The quantitative estimate of drug-likeness (QED) is 0.125. The number of nitrogens with zero attached hydrogens (tertiary/aromatic N) is 1. The van der Waals surface area contributed by atoms with Gasteiger partial charge in [-0.05, 0) is 73.0 Å². The molecule has 4 aromatic rings. The summed E-state index contributed by atoms with van der Waals surface area (Å²) in [7, 11) is 0. The van der Waals surface area contributed by atoms with E-state index in [0.717, 1.165) is 11.1 Å². The van der Waals surface area contributed by atoms with Crippen LogP contribution in [-0.4, -0.2) is 30.8 Å². The molecule has 0 aromatic heterocycles. The molecule has 38 heavy (non-hydrogen) atoms. The Labute approximate surface area is 221 Å². The van der Waals surface area contributed by atoms with Crippen LogP contribution in [0.4, 0.5) is 0 Å². The molecule has 0 bridgehead atoms. The number of esters is 1. The fraction of sp³-hybridized carbons (Fsp3) is 0.129. The van der Waals surface area contributed by atoms with Crippen molar-refractivity contribution in [3.63, 3.8) is 0 Å². The highest BCUT2D eigenvalue weighted by molar-refractivity contribution is 5.91.